The maximum Gasteiger partial charge on any atom is 0.120 e. The summed E-state index contributed by atoms with van der Waals surface area (Å²) in [6, 6.07) is 8.38. The Labute approximate surface area is 95.5 Å². The van der Waals surface area contributed by atoms with E-state index in [2.05, 4.69) is 19.2 Å². The van der Waals surface area contributed by atoms with Gasteiger partial charge in [-0.05, 0) is 38.1 Å². The molecule has 3 nitrogen and oxygen atoms in total. The van der Waals surface area contributed by atoms with E-state index in [4.69, 9.17) is 8.83 Å². The molecule has 86 valence electrons. The fourth-order valence-corrected chi connectivity index (χ4v) is 1.84. The molecule has 0 aliphatic carbocycles. The van der Waals surface area contributed by atoms with Crippen LogP contribution < -0.4 is 5.32 Å². The zero-order chi connectivity index (χ0) is 11.4. The van der Waals surface area contributed by atoms with Crippen molar-refractivity contribution in [3.05, 3.63) is 48.3 Å². The Morgan fingerprint density at radius 2 is 1.88 bits per heavy atom. The maximum atomic E-state index is 5.35. The summed E-state index contributed by atoms with van der Waals surface area (Å²) in [5, 5.41) is 3.47. The van der Waals surface area contributed by atoms with Gasteiger partial charge in [0.05, 0.1) is 18.6 Å². The minimum absolute atomic E-state index is 0.222. The SMILES string of the molecule is CC(Cc1ccco1)N[C@H](C)c1ccco1. The quantitative estimate of drug-likeness (QED) is 0.839. The van der Waals surface area contributed by atoms with Gasteiger partial charge in [0, 0.05) is 12.5 Å². The van der Waals surface area contributed by atoms with Gasteiger partial charge in [-0.2, -0.15) is 0 Å². The van der Waals surface area contributed by atoms with Crippen LogP contribution in [-0.2, 0) is 6.42 Å². The Hall–Kier alpha value is -1.48. The van der Waals surface area contributed by atoms with Crippen LogP contribution in [0.5, 0.6) is 0 Å². The van der Waals surface area contributed by atoms with E-state index < -0.39 is 0 Å². The van der Waals surface area contributed by atoms with Crippen LogP contribution in [0.3, 0.4) is 0 Å². The van der Waals surface area contributed by atoms with Gasteiger partial charge in [-0.15, -0.1) is 0 Å². The molecule has 0 saturated heterocycles. The summed E-state index contributed by atoms with van der Waals surface area (Å²) in [5.41, 5.74) is 0. The molecule has 2 aromatic rings. The van der Waals surface area contributed by atoms with Gasteiger partial charge in [-0.25, -0.2) is 0 Å². The molecule has 0 amide bonds. The Kier molecular flexibility index (Phi) is 3.47. The first kappa shape index (κ1) is 11.0. The topological polar surface area (TPSA) is 38.3 Å². The molecule has 0 spiro atoms. The second kappa shape index (κ2) is 5.03. The Bertz CT molecular complexity index is 392. The minimum Gasteiger partial charge on any atom is -0.469 e. The number of furan rings is 2. The third-order valence-electron chi connectivity index (χ3n) is 2.59. The van der Waals surface area contributed by atoms with Gasteiger partial charge in [0.2, 0.25) is 0 Å². The molecule has 0 bridgehead atoms. The van der Waals surface area contributed by atoms with E-state index in [0.29, 0.717) is 6.04 Å². The van der Waals surface area contributed by atoms with Gasteiger partial charge in [0.15, 0.2) is 0 Å². The number of rotatable bonds is 5. The van der Waals surface area contributed by atoms with Crippen molar-refractivity contribution in [2.24, 2.45) is 0 Å². The number of hydrogen-bond acceptors (Lipinski definition) is 3. The molecule has 1 N–H and O–H groups in total. The molecule has 16 heavy (non-hydrogen) atoms. The van der Waals surface area contributed by atoms with Crippen molar-refractivity contribution in [3.63, 3.8) is 0 Å². The van der Waals surface area contributed by atoms with E-state index in [1.807, 2.05) is 24.3 Å². The van der Waals surface area contributed by atoms with Crippen molar-refractivity contribution >= 4 is 0 Å². The molecule has 2 aromatic heterocycles. The monoisotopic (exact) mass is 219 g/mol. The van der Waals surface area contributed by atoms with Gasteiger partial charge in [-0.3, -0.25) is 0 Å². The van der Waals surface area contributed by atoms with Crippen LogP contribution in [0.15, 0.2) is 45.6 Å². The highest BCUT2D eigenvalue weighted by atomic mass is 16.3. The summed E-state index contributed by atoms with van der Waals surface area (Å²) in [5.74, 6) is 1.97. The molecule has 1 unspecified atom stereocenters. The average molecular weight is 219 g/mol. The van der Waals surface area contributed by atoms with Gasteiger partial charge in [0.25, 0.3) is 0 Å². The van der Waals surface area contributed by atoms with Crippen molar-refractivity contribution in [1.82, 2.24) is 5.32 Å². The highest BCUT2D eigenvalue weighted by Crippen LogP contribution is 2.14. The second-order valence-corrected chi connectivity index (χ2v) is 4.09. The van der Waals surface area contributed by atoms with E-state index in [1.165, 1.54) is 0 Å². The van der Waals surface area contributed by atoms with E-state index >= 15 is 0 Å². The van der Waals surface area contributed by atoms with Crippen molar-refractivity contribution in [2.45, 2.75) is 32.4 Å². The highest BCUT2D eigenvalue weighted by Gasteiger charge is 2.12. The number of nitrogens with one attached hydrogen (secondary N) is 1. The van der Waals surface area contributed by atoms with Crippen LogP contribution in [0.25, 0.3) is 0 Å². The van der Waals surface area contributed by atoms with Crippen molar-refractivity contribution in [1.29, 1.82) is 0 Å². The molecule has 0 fully saturated rings. The average Bonchev–Trinajstić information content (AvgIpc) is 2.88. The van der Waals surface area contributed by atoms with Crippen LogP contribution in [0.1, 0.15) is 31.4 Å². The van der Waals surface area contributed by atoms with E-state index in [9.17, 15) is 0 Å². The predicted molar refractivity (Wildman–Crippen MR) is 62.1 cm³/mol. The van der Waals surface area contributed by atoms with Crippen LogP contribution in [0, 0.1) is 0 Å². The van der Waals surface area contributed by atoms with Gasteiger partial charge < -0.3 is 14.2 Å². The van der Waals surface area contributed by atoms with E-state index in [0.717, 1.165) is 17.9 Å². The fraction of sp³-hybridized carbons (Fsp3) is 0.385. The Morgan fingerprint density at radius 1 is 1.12 bits per heavy atom. The third kappa shape index (κ3) is 2.76. The first-order chi connectivity index (χ1) is 7.75. The van der Waals surface area contributed by atoms with Crippen LogP contribution >= 0.6 is 0 Å². The first-order valence-corrected chi connectivity index (χ1v) is 5.57. The number of hydrogen-bond donors (Lipinski definition) is 1. The highest BCUT2D eigenvalue weighted by molar-refractivity contribution is 5.04. The Balaban J connectivity index is 1.85. The summed E-state index contributed by atoms with van der Waals surface area (Å²) >= 11 is 0. The molecular weight excluding hydrogens is 202 g/mol. The van der Waals surface area contributed by atoms with E-state index in [-0.39, 0.29) is 6.04 Å². The lowest BCUT2D eigenvalue weighted by Crippen LogP contribution is -2.30. The van der Waals surface area contributed by atoms with Crippen LogP contribution in [-0.4, -0.2) is 6.04 Å². The third-order valence-corrected chi connectivity index (χ3v) is 2.59. The zero-order valence-corrected chi connectivity index (χ0v) is 9.64. The fourth-order valence-electron chi connectivity index (χ4n) is 1.84. The molecule has 2 heterocycles. The van der Waals surface area contributed by atoms with Crippen LogP contribution in [0.4, 0.5) is 0 Å². The maximum absolute atomic E-state index is 5.35. The normalized spacial score (nSPS) is 14.9. The van der Waals surface area contributed by atoms with Gasteiger partial charge in [0.1, 0.15) is 11.5 Å². The predicted octanol–water partition coefficient (Wildman–Crippen LogP) is 3.15. The molecule has 0 aliphatic rings. The van der Waals surface area contributed by atoms with Crippen LogP contribution in [0.2, 0.25) is 0 Å². The smallest absolute Gasteiger partial charge is 0.120 e. The molecular formula is C13H17NO2. The molecule has 3 heteroatoms. The summed E-state index contributed by atoms with van der Waals surface area (Å²) in [4.78, 5) is 0. The standard InChI is InChI=1S/C13H17NO2/c1-10(9-12-5-3-7-15-12)14-11(2)13-6-4-8-16-13/h3-8,10-11,14H,9H2,1-2H3/t10?,11-/m1/s1. The summed E-state index contributed by atoms with van der Waals surface area (Å²) < 4.78 is 10.7. The molecule has 0 aliphatic heterocycles. The molecule has 2 atom stereocenters. The van der Waals surface area contributed by atoms with Crippen molar-refractivity contribution in [2.75, 3.05) is 0 Å². The summed E-state index contributed by atoms with van der Waals surface area (Å²) in [7, 11) is 0. The lowest BCUT2D eigenvalue weighted by molar-refractivity contribution is 0.382. The summed E-state index contributed by atoms with van der Waals surface area (Å²) in [6.45, 7) is 4.24. The van der Waals surface area contributed by atoms with Gasteiger partial charge in [-0.1, -0.05) is 0 Å². The molecule has 0 aromatic carbocycles. The zero-order valence-electron chi connectivity index (χ0n) is 9.64. The summed E-state index contributed by atoms with van der Waals surface area (Å²) in [6.07, 6.45) is 4.29. The second-order valence-electron chi connectivity index (χ2n) is 4.09. The minimum atomic E-state index is 0.222. The molecule has 2 rings (SSSR count). The van der Waals surface area contributed by atoms with Crippen molar-refractivity contribution in [3.8, 4) is 0 Å². The first-order valence-electron chi connectivity index (χ1n) is 5.57. The lowest BCUT2D eigenvalue weighted by atomic mass is 10.1. The van der Waals surface area contributed by atoms with Gasteiger partial charge >= 0.3 is 0 Å². The largest absolute Gasteiger partial charge is 0.469 e. The molecule has 0 saturated carbocycles. The van der Waals surface area contributed by atoms with E-state index in [1.54, 1.807) is 12.5 Å². The lowest BCUT2D eigenvalue weighted by Gasteiger charge is -2.17. The van der Waals surface area contributed by atoms with Crippen molar-refractivity contribution < 1.29 is 8.83 Å². The molecule has 0 radical (unpaired) electrons. The Morgan fingerprint density at radius 3 is 2.50 bits per heavy atom.